The van der Waals surface area contributed by atoms with Crippen LogP contribution >= 0.6 is 0 Å². The molecule has 6 heteroatoms. The molecule has 0 unspecified atom stereocenters. The van der Waals surface area contributed by atoms with Crippen molar-refractivity contribution in [3.05, 3.63) is 29.6 Å². The van der Waals surface area contributed by atoms with Gasteiger partial charge in [-0.05, 0) is 6.07 Å². The van der Waals surface area contributed by atoms with E-state index >= 15 is 0 Å². The molecular formula is C11H11F2N3O. The van der Waals surface area contributed by atoms with Gasteiger partial charge in [0, 0.05) is 17.7 Å². The van der Waals surface area contributed by atoms with Crippen molar-refractivity contribution >= 4 is 5.69 Å². The van der Waals surface area contributed by atoms with Crippen LogP contribution in [-0.4, -0.2) is 10.1 Å². The summed E-state index contributed by atoms with van der Waals surface area (Å²) in [6, 6.07) is 1.84. The fraction of sp³-hybridized carbons (Fsp3) is 0.273. The van der Waals surface area contributed by atoms with Gasteiger partial charge in [0.05, 0.1) is 5.56 Å². The number of rotatable bonds is 2. The van der Waals surface area contributed by atoms with Gasteiger partial charge >= 0.3 is 0 Å². The number of hydrogen-bond donors (Lipinski definition) is 1. The van der Waals surface area contributed by atoms with Crippen molar-refractivity contribution in [1.82, 2.24) is 10.1 Å². The number of nitrogens with two attached hydrogens (primary N) is 1. The van der Waals surface area contributed by atoms with Gasteiger partial charge in [-0.1, -0.05) is 19.0 Å². The SMILES string of the molecule is CC(C)c1noc(-c2cc(F)c(F)cc2N)n1. The second-order valence-electron chi connectivity index (χ2n) is 3.97. The van der Waals surface area contributed by atoms with Gasteiger partial charge in [0.2, 0.25) is 0 Å². The third kappa shape index (κ3) is 2.11. The molecule has 4 nitrogen and oxygen atoms in total. The molecule has 0 amide bonds. The van der Waals surface area contributed by atoms with Crippen LogP contribution in [0, 0.1) is 11.6 Å². The largest absolute Gasteiger partial charge is 0.398 e. The molecule has 0 saturated carbocycles. The summed E-state index contributed by atoms with van der Waals surface area (Å²) in [4.78, 5) is 4.06. The highest BCUT2D eigenvalue weighted by Gasteiger charge is 2.16. The molecular weight excluding hydrogens is 228 g/mol. The monoisotopic (exact) mass is 239 g/mol. The Morgan fingerprint density at radius 2 is 1.88 bits per heavy atom. The van der Waals surface area contributed by atoms with Crippen molar-refractivity contribution in [1.29, 1.82) is 0 Å². The number of benzene rings is 1. The number of anilines is 1. The summed E-state index contributed by atoms with van der Waals surface area (Å²) in [7, 11) is 0. The number of aromatic nitrogens is 2. The molecule has 2 rings (SSSR count). The van der Waals surface area contributed by atoms with Crippen molar-refractivity contribution in [3.8, 4) is 11.5 Å². The maximum Gasteiger partial charge on any atom is 0.260 e. The molecule has 90 valence electrons. The van der Waals surface area contributed by atoms with Crippen molar-refractivity contribution in [2.45, 2.75) is 19.8 Å². The van der Waals surface area contributed by atoms with E-state index in [1.807, 2.05) is 13.8 Å². The van der Waals surface area contributed by atoms with E-state index in [2.05, 4.69) is 10.1 Å². The minimum atomic E-state index is -1.00. The van der Waals surface area contributed by atoms with Gasteiger partial charge in [0.25, 0.3) is 5.89 Å². The fourth-order valence-electron chi connectivity index (χ4n) is 1.33. The van der Waals surface area contributed by atoms with Gasteiger partial charge in [-0.3, -0.25) is 0 Å². The van der Waals surface area contributed by atoms with E-state index in [0.29, 0.717) is 5.82 Å². The second-order valence-corrected chi connectivity index (χ2v) is 3.97. The number of nitrogens with zero attached hydrogens (tertiary/aromatic N) is 2. The summed E-state index contributed by atoms with van der Waals surface area (Å²) in [5.74, 6) is -1.35. The third-order valence-corrected chi connectivity index (χ3v) is 2.28. The summed E-state index contributed by atoms with van der Waals surface area (Å²) < 4.78 is 30.9. The Balaban J connectivity index is 2.49. The smallest absolute Gasteiger partial charge is 0.260 e. The first-order valence-electron chi connectivity index (χ1n) is 5.07. The normalized spacial score (nSPS) is 11.1. The molecule has 0 spiro atoms. The quantitative estimate of drug-likeness (QED) is 0.818. The van der Waals surface area contributed by atoms with Crippen LogP contribution in [0.15, 0.2) is 16.7 Å². The van der Waals surface area contributed by atoms with Gasteiger partial charge in [-0.15, -0.1) is 0 Å². The zero-order valence-corrected chi connectivity index (χ0v) is 9.37. The van der Waals surface area contributed by atoms with Crippen LogP contribution in [0.1, 0.15) is 25.6 Å². The van der Waals surface area contributed by atoms with Crippen LogP contribution in [0.4, 0.5) is 14.5 Å². The van der Waals surface area contributed by atoms with E-state index in [4.69, 9.17) is 10.3 Å². The first-order valence-corrected chi connectivity index (χ1v) is 5.07. The Bertz CT molecular complexity index is 552. The molecule has 0 aliphatic heterocycles. The van der Waals surface area contributed by atoms with Gasteiger partial charge in [-0.2, -0.15) is 4.98 Å². The summed E-state index contributed by atoms with van der Waals surface area (Å²) in [6.45, 7) is 3.78. The molecule has 0 bridgehead atoms. The average Bonchev–Trinajstić information content (AvgIpc) is 2.72. The average molecular weight is 239 g/mol. The lowest BCUT2D eigenvalue weighted by Gasteiger charge is -2.01. The Hall–Kier alpha value is -1.98. The van der Waals surface area contributed by atoms with Crippen LogP contribution in [0.5, 0.6) is 0 Å². The van der Waals surface area contributed by atoms with Gasteiger partial charge < -0.3 is 10.3 Å². The van der Waals surface area contributed by atoms with Gasteiger partial charge in [0.15, 0.2) is 17.5 Å². The summed E-state index contributed by atoms with van der Waals surface area (Å²) in [6.07, 6.45) is 0. The molecule has 0 fully saturated rings. The zero-order valence-electron chi connectivity index (χ0n) is 9.37. The maximum atomic E-state index is 13.1. The summed E-state index contributed by atoms with van der Waals surface area (Å²) in [5.41, 5.74) is 5.83. The Kier molecular flexibility index (Phi) is 2.79. The Labute approximate surface area is 96.4 Å². The maximum absolute atomic E-state index is 13.1. The lowest BCUT2D eigenvalue weighted by Crippen LogP contribution is -1.95. The third-order valence-electron chi connectivity index (χ3n) is 2.28. The summed E-state index contributed by atoms with van der Waals surface area (Å²) >= 11 is 0. The first kappa shape index (κ1) is 11.5. The van der Waals surface area contributed by atoms with E-state index in [1.165, 1.54) is 0 Å². The predicted octanol–water partition coefficient (Wildman–Crippen LogP) is 2.72. The van der Waals surface area contributed by atoms with Crippen LogP contribution in [0.25, 0.3) is 11.5 Å². The van der Waals surface area contributed by atoms with Gasteiger partial charge in [0.1, 0.15) is 0 Å². The molecule has 2 aromatic rings. The summed E-state index contributed by atoms with van der Waals surface area (Å²) in [5, 5.41) is 3.73. The van der Waals surface area contributed by atoms with E-state index < -0.39 is 11.6 Å². The minimum absolute atomic E-state index is 0.0582. The molecule has 1 aromatic heterocycles. The molecule has 0 aliphatic carbocycles. The van der Waals surface area contributed by atoms with E-state index in [0.717, 1.165) is 12.1 Å². The zero-order chi connectivity index (χ0) is 12.6. The first-order chi connectivity index (χ1) is 7.99. The predicted molar refractivity (Wildman–Crippen MR) is 58.2 cm³/mol. The van der Waals surface area contributed by atoms with Crippen LogP contribution in [-0.2, 0) is 0 Å². The van der Waals surface area contributed by atoms with Crippen molar-refractivity contribution in [2.75, 3.05) is 5.73 Å². The highest BCUT2D eigenvalue weighted by molar-refractivity contribution is 5.70. The molecule has 1 heterocycles. The highest BCUT2D eigenvalue weighted by Crippen LogP contribution is 2.27. The lowest BCUT2D eigenvalue weighted by molar-refractivity contribution is 0.419. The highest BCUT2D eigenvalue weighted by atomic mass is 19.2. The second kappa shape index (κ2) is 4.12. The molecule has 17 heavy (non-hydrogen) atoms. The molecule has 0 atom stereocenters. The van der Waals surface area contributed by atoms with Crippen LogP contribution in [0.2, 0.25) is 0 Å². The Morgan fingerprint density at radius 3 is 2.47 bits per heavy atom. The molecule has 0 radical (unpaired) electrons. The van der Waals surface area contributed by atoms with Gasteiger partial charge in [-0.25, -0.2) is 8.78 Å². The van der Waals surface area contributed by atoms with Crippen LogP contribution in [0.3, 0.4) is 0 Å². The van der Waals surface area contributed by atoms with E-state index in [1.54, 1.807) is 0 Å². The van der Waals surface area contributed by atoms with Crippen molar-refractivity contribution < 1.29 is 13.3 Å². The fourth-order valence-corrected chi connectivity index (χ4v) is 1.33. The van der Waals surface area contributed by atoms with Crippen molar-refractivity contribution in [3.63, 3.8) is 0 Å². The molecule has 0 saturated heterocycles. The van der Waals surface area contributed by atoms with E-state index in [-0.39, 0.29) is 23.1 Å². The standard InChI is InChI=1S/C11H11F2N3O/c1-5(2)10-15-11(17-16-10)6-3-7(12)8(13)4-9(6)14/h3-5H,14H2,1-2H3. The minimum Gasteiger partial charge on any atom is -0.398 e. The number of hydrogen-bond acceptors (Lipinski definition) is 4. The van der Waals surface area contributed by atoms with E-state index in [9.17, 15) is 8.78 Å². The van der Waals surface area contributed by atoms with Crippen LogP contribution < -0.4 is 5.73 Å². The molecule has 1 aromatic carbocycles. The number of halogens is 2. The lowest BCUT2D eigenvalue weighted by atomic mass is 10.1. The topological polar surface area (TPSA) is 64.9 Å². The number of nitrogen functional groups attached to an aromatic ring is 1. The van der Waals surface area contributed by atoms with Crippen molar-refractivity contribution in [2.24, 2.45) is 0 Å². The molecule has 0 aliphatic rings. The Morgan fingerprint density at radius 1 is 1.24 bits per heavy atom. The molecule has 2 N–H and O–H groups in total.